The second kappa shape index (κ2) is 6.58. The van der Waals surface area contributed by atoms with Gasteiger partial charge in [-0.05, 0) is 23.6 Å². The summed E-state index contributed by atoms with van der Waals surface area (Å²) in [5, 5.41) is 2.64. The summed E-state index contributed by atoms with van der Waals surface area (Å²) in [4.78, 5) is 0. The van der Waals surface area contributed by atoms with E-state index in [1.165, 1.54) is 48.4 Å². The second-order valence-corrected chi connectivity index (χ2v) is 5.44. The monoisotopic (exact) mass is 240 g/mol. The van der Waals surface area contributed by atoms with Gasteiger partial charge in [0, 0.05) is 0 Å². The van der Waals surface area contributed by atoms with E-state index in [-0.39, 0.29) is 0 Å². The number of aryl methyl sites for hydroxylation is 1. The van der Waals surface area contributed by atoms with Crippen LogP contribution in [-0.4, -0.2) is 0 Å². The molecule has 0 amide bonds. The Hall–Kier alpha value is -1.30. The van der Waals surface area contributed by atoms with Crippen LogP contribution in [0.4, 0.5) is 0 Å². The molecule has 0 saturated heterocycles. The molecule has 1 fully saturated rings. The van der Waals surface area contributed by atoms with Crippen molar-refractivity contribution in [3.05, 3.63) is 48.0 Å². The topological polar surface area (TPSA) is 0 Å². The summed E-state index contributed by atoms with van der Waals surface area (Å²) >= 11 is 0. The summed E-state index contributed by atoms with van der Waals surface area (Å²) in [6, 6.07) is 14.9. The first kappa shape index (κ1) is 13.1. The van der Waals surface area contributed by atoms with E-state index < -0.39 is 0 Å². The van der Waals surface area contributed by atoms with Gasteiger partial charge >= 0.3 is 0 Å². The summed E-state index contributed by atoms with van der Waals surface area (Å²) in [5.74, 6) is 1.13. The normalized spacial score (nSPS) is 14.8. The maximum Gasteiger partial charge on any atom is -0.0181 e. The molecule has 0 atom stereocenters. The molecule has 1 aliphatic rings. The Labute approximate surface area is 111 Å². The lowest BCUT2D eigenvalue weighted by Crippen LogP contribution is -2.09. The summed E-state index contributed by atoms with van der Waals surface area (Å²) < 4.78 is 0. The fourth-order valence-electron chi connectivity index (χ4n) is 2.50. The minimum atomic E-state index is 1.13. The van der Waals surface area contributed by atoms with Crippen molar-refractivity contribution in [1.82, 2.24) is 0 Å². The Morgan fingerprint density at radius 3 is 2.28 bits per heavy atom. The third-order valence-electron chi connectivity index (χ3n) is 3.83. The lowest BCUT2D eigenvalue weighted by atomic mass is 9.82. The molecule has 96 valence electrons. The van der Waals surface area contributed by atoms with Gasteiger partial charge in [-0.25, -0.2) is 0 Å². The van der Waals surface area contributed by atoms with Crippen molar-refractivity contribution in [3.63, 3.8) is 0 Å². The molecule has 2 aromatic carbocycles. The Kier molecular flexibility index (Phi) is 4.81. The Bertz CT molecular complexity index is 480. The lowest BCUT2D eigenvalue weighted by molar-refractivity contribution is 0.294. The van der Waals surface area contributed by atoms with Gasteiger partial charge in [-0.1, -0.05) is 87.1 Å². The van der Waals surface area contributed by atoms with Gasteiger partial charge < -0.3 is 0 Å². The third-order valence-corrected chi connectivity index (χ3v) is 3.83. The lowest BCUT2D eigenvalue weighted by Gasteiger charge is -2.24. The summed E-state index contributed by atoms with van der Waals surface area (Å²) in [6.07, 6.45) is 7.43. The summed E-state index contributed by atoms with van der Waals surface area (Å²) in [5.41, 5.74) is 1.32. The van der Waals surface area contributed by atoms with Crippen LogP contribution in [0.5, 0.6) is 0 Å². The first-order chi connectivity index (χ1) is 8.79. The molecule has 0 unspecified atom stereocenters. The Balaban J connectivity index is 0.000000149. The minimum Gasteiger partial charge on any atom is -0.0654 e. The van der Waals surface area contributed by atoms with Crippen LogP contribution in [0.1, 0.15) is 44.6 Å². The van der Waals surface area contributed by atoms with Crippen LogP contribution in [0.3, 0.4) is 0 Å². The highest BCUT2D eigenvalue weighted by molar-refractivity contribution is 5.82. The molecule has 0 spiro atoms. The van der Waals surface area contributed by atoms with E-state index in [1.54, 1.807) is 0 Å². The van der Waals surface area contributed by atoms with E-state index in [2.05, 4.69) is 56.3 Å². The van der Waals surface area contributed by atoms with Gasteiger partial charge in [0.25, 0.3) is 0 Å². The largest absolute Gasteiger partial charge is 0.0654 e. The number of hydrogen-bond acceptors (Lipinski definition) is 0. The molecular weight excluding hydrogens is 216 g/mol. The van der Waals surface area contributed by atoms with E-state index >= 15 is 0 Å². The van der Waals surface area contributed by atoms with E-state index in [0.717, 1.165) is 5.92 Å². The summed E-state index contributed by atoms with van der Waals surface area (Å²) in [6.45, 7) is 4.39. The van der Waals surface area contributed by atoms with Crippen LogP contribution in [-0.2, 0) is 0 Å². The first-order valence-electron chi connectivity index (χ1n) is 7.25. The molecule has 0 radical (unpaired) electrons. The molecule has 1 saturated carbocycles. The molecule has 3 rings (SSSR count). The molecule has 18 heavy (non-hydrogen) atoms. The first-order valence-corrected chi connectivity index (χ1v) is 7.25. The van der Waals surface area contributed by atoms with E-state index in [4.69, 9.17) is 0 Å². The fraction of sp³-hybridized carbons (Fsp3) is 0.444. The predicted molar refractivity (Wildman–Crippen MR) is 80.9 cm³/mol. The van der Waals surface area contributed by atoms with Crippen LogP contribution in [0.25, 0.3) is 10.8 Å². The zero-order valence-corrected chi connectivity index (χ0v) is 11.7. The van der Waals surface area contributed by atoms with Crippen LogP contribution in [0.2, 0.25) is 0 Å². The molecule has 1 aliphatic carbocycles. The molecule has 0 nitrogen and oxygen atoms in total. The molecule has 0 aliphatic heterocycles. The molecule has 0 bridgehead atoms. The smallest absolute Gasteiger partial charge is 0.0181 e. The van der Waals surface area contributed by atoms with Gasteiger partial charge in [-0.15, -0.1) is 0 Å². The number of benzene rings is 2. The van der Waals surface area contributed by atoms with Gasteiger partial charge in [-0.3, -0.25) is 0 Å². The van der Waals surface area contributed by atoms with Crippen LogP contribution in [0.15, 0.2) is 42.5 Å². The van der Waals surface area contributed by atoms with E-state index in [1.807, 2.05) is 0 Å². The minimum absolute atomic E-state index is 1.13. The average Bonchev–Trinajstić information content (AvgIpc) is 2.34. The summed E-state index contributed by atoms with van der Waals surface area (Å²) in [7, 11) is 0. The van der Waals surface area contributed by atoms with Gasteiger partial charge in [0.1, 0.15) is 0 Å². The highest BCUT2D eigenvalue weighted by Crippen LogP contribution is 2.29. The average molecular weight is 240 g/mol. The maximum absolute atomic E-state index is 2.28. The van der Waals surface area contributed by atoms with E-state index in [9.17, 15) is 0 Å². The SMILES string of the molecule is CCCC1CCC1.Cc1ccc2ccccc2c1. The van der Waals surface area contributed by atoms with Crippen LogP contribution >= 0.6 is 0 Å². The molecule has 0 heterocycles. The molecule has 0 aromatic heterocycles. The van der Waals surface area contributed by atoms with Crippen molar-refractivity contribution in [2.75, 3.05) is 0 Å². The van der Waals surface area contributed by atoms with Crippen molar-refractivity contribution >= 4 is 10.8 Å². The van der Waals surface area contributed by atoms with Crippen molar-refractivity contribution < 1.29 is 0 Å². The molecular formula is C18H24. The highest BCUT2D eigenvalue weighted by atomic mass is 14.2. The standard InChI is InChI=1S/C11H10.C7H14/c1-9-6-7-10-4-2-3-5-11(10)8-9;1-2-4-7-5-3-6-7/h2-8H,1H3;7H,2-6H2,1H3. The Morgan fingerprint density at radius 1 is 1.00 bits per heavy atom. The fourth-order valence-corrected chi connectivity index (χ4v) is 2.50. The van der Waals surface area contributed by atoms with Crippen LogP contribution in [0, 0.1) is 12.8 Å². The second-order valence-electron chi connectivity index (χ2n) is 5.44. The maximum atomic E-state index is 2.28. The van der Waals surface area contributed by atoms with Crippen molar-refractivity contribution in [2.45, 2.75) is 46.0 Å². The van der Waals surface area contributed by atoms with Crippen molar-refractivity contribution in [2.24, 2.45) is 5.92 Å². The number of fused-ring (bicyclic) bond motifs is 1. The molecule has 2 aromatic rings. The molecule has 0 heteroatoms. The van der Waals surface area contributed by atoms with Crippen LogP contribution < -0.4 is 0 Å². The Morgan fingerprint density at radius 2 is 1.72 bits per heavy atom. The molecule has 0 N–H and O–H groups in total. The number of hydrogen-bond donors (Lipinski definition) is 0. The third kappa shape index (κ3) is 3.60. The van der Waals surface area contributed by atoms with Gasteiger partial charge in [0.2, 0.25) is 0 Å². The van der Waals surface area contributed by atoms with Gasteiger partial charge in [-0.2, -0.15) is 0 Å². The number of rotatable bonds is 2. The zero-order valence-electron chi connectivity index (χ0n) is 11.7. The van der Waals surface area contributed by atoms with E-state index in [0.29, 0.717) is 0 Å². The predicted octanol–water partition coefficient (Wildman–Crippen LogP) is 5.73. The quantitative estimate of drug-likeness (QED) is 0.628. The van der Waals surface area contributed by atoms with Gasteiger partial charge in [0.15, 0.2) is 0 Å². The van der Waals surface area contributed by atoms with Crippen molar-refractivity contribution in [3.8, 4) is 0 Å². The highest BCUT2D eigenvalue weighted by Gasteiger charge is 2.14. The van der Waals surface area contributed by atoms with Crippen molar-refractivity contribution in [1.29, 1.82) is 0 Å². The van der Waals surface area contributed by atoms with Gasteiger partial charge in [0.05, 0.1) is 0 Å². The zero-order chi connectivity index (χ0) is 12.8.